The molecule has 29 heavy (non-hydrogen) atoms. The molecule has 0 aromatic heterocycles. The van der Waals surface area contributed by atoms with Gasteiger partial charge in [-0.15, -0.1) is 0 Å². The SMILES string of the molecule is CC1(C)Oc2ccccc2[C@@H]2O[C@@H]3CCN(Cc4ccc(C(=O)O)cc4)[C@H]3C[C@H]21. The minimum atomic E-state index is -0.885. The van der Waals surface area contributed by atoms with Gasteiger partial charge in [0.05, 0.1) is 17.8 Å². The van der Waals surface area contributed by atoms with Crippen molar-refractivity contribution in [1.82, 2.24) is 4.90 Å². The first-order valence-corrected chi connectivity index (χ1v) is 10.4. The zero-order valence-electron chi connectivity index (χ0n) is 16.9. The summed E-state index contributed by atoms with van der Waals surface area (Å²) in [6.07, 6.45) is 2.40. The number of nitrogens with zero attached hydrogens (tertiary/aromatic N) is 1. The van der Waals surface area contributed by atoms with Gasteiger partial charge in [-0.25, -0.2) is 4.79 Å². The first kappa shape index (κ1) is 18.6. The Kier molecular flexibility index (Phi) is 4.41. The van der Waals surface area contributed by atoms with Crippen LogP contribution in [-0.4, -0.2) is 40.3 Å². The van der Waals surface area contributed by atoms with Gasteiger partial charge >= 0.3 is 5.97 Å². The molecule has 2 aromatic carbocycles. The Hall–Kier alpha value is -2.37. The van der Waals surface area contributed by atoms with E-state index >= 15 is 0 Å². The molecule has 1 N–H and O–H groups in total. The van der Waals surface area contributed by atoms with Gasteiger partial charge in [0.15, 0.2) is 0 Å². The van der Waals surface area contributed by atoms with Gasteiger partial charge in [-0.1, -0.05) is 30.3 Å². The van der Waals surface area contributed by atoms with E-state index < -0.39 is 5.97 Å². The molecule has 2 aromatic rings. The lowest BCUT2D eigenvalue weighted by atomic mass is 9.74. The second-order valence-corrected chi connectivity index (χ2v) is 9.01. The number of para-hydroxylation sites is 1. The number of carboxylic acid groups (broad SMARTS) is 1. The molecule has 3 heterocycles. The zero-order valence-corrected chi connectivity index (χ0v) is 16.9. The number of ether oxygens (including phenoxy) is 2. The number of likely N-dealkylation sites (tertiary alicyclic amines) is 1. The van der Waals surface area contributed by atoms with Crippen LogP contribution in [0.25, 0.3) is 0 Å². The van der Waals surface area contributed by atoms with Crippen molar-refractivity contribution in [3.63, 3.8) is 0 Å². The van der Waals surface area contributed by atoms with Gasteiger partial charge in [-0.2, -0.15) is 0 Å². The first-order chi connectivity index (χ1) is 13.9. The van der Waals surface area contributed by atoms with E-state index in [0.717, 1.165) is 37.2 Å². The van der Waals surface area contributed by atoms with E-state index in [1.165, 1.54) is 5.56 Å². The number of carbonyl (C=O) groups is 1. The molecule has 0 unspecified atom stereocenters. The smallest absolute Gasteiger partial charge is 0.335 e. The van der Waals surface area contributed by atoms with Crippen LogP contribution in [0, 0.1) is 5.92 Å². The molecule has 152 valence electrons. The van der Waals surface area contributed by atoms with Crippen molar-refractivity contribution in [2.75, 3.05) is 6.54 Å². The average Bonchev–Trinajstić information content (AvgIpc) is 3.09. The highest BCUT2D eigenvalue weighted by atomic mass is 16.5. The first-order valence-electron chi connectivity index (χ1n) is 10.4. The standard InChI is InChI=1S/C24H27NO4/c1-24(2)18-13-19-21(28-22(18)17-5-3-4-6-20(17)29-24)11-12-25(19)14-15-7-9-16(10-8-15)23(26)27/h3-10,18-19,21-22H,11-14H2,1-2H3,(H,26,27)/t18-,19+,21-,22+/m1/s1. The molecule has 0 saturated carbocycles. The molecular weight excluding hydrogens is 366 g/mol. The summed E-state index contributed by atoms with van der Waals surface area (Å²) in [5.74, 6) is 0.364. The number of hydrogen-bond donors (Lipinski definition) is 1. The van der Waals surface area contributed by atoms with Gasteiger partial charge in [0.25, 0.3) is 0 Å². The fourth-order valence-electron chi connectivity index (χ4n) is 5.30. The number of rotatable bonds is 3. The molecule has 3 aliphatic rings. The molecular formula is C24H27NO4. The van der Waals surface area contributed by atoms with Crippen LogP contribution < -0.4 is 4.74 Å². The highest BCUT2D eigenvalue weighted by Crippen LogP contribution is 2.52. The molecule has 5 heteroatoms. The number of aromatic carboxylic acids is 1. The van der Waals surface area contributed by atoms with E-state index in [4.69, 9.17) is 14.6 Å². The van der Waals surface area contributed by atoms with Crippen LogP contribution in [0.4, 0.5) is 0 Å². The van der Waals surface area contributed by atoms with E-state index in [2.05, 4.69) is 30.9 Å². The third-order valence-corrected chi connectivity index (χ3v) is 6.86. The van der Waals surface area contributed by atoms with Gasteiger partial charge in [0.2, 0.25) is 0 Å². The van der Waals surface area contributed by atoms with E-state index in [9.17, 15) is 4.79 Å². The topological polar surface area (TPSA) is 59.0 Å². The molecule has 5 rings (SSSR count). The van der Waals surface area contributed by atoms with Crippen molar-refractivity contribution in [1.29, 1.82) is 0 Å². The summed E-state index contributed by atoms with van der Waals surface area (Å²) in [4.78, 5) is 13.6. The Morgan fingerprint density at radius 1 is 1.17 bits per heavy atom. The Morgan fingerprint density at radius 2 is 1.93 bits per heavy atom. The fourth-order valence-corrected chi connectivity index (χ4v) is 5.30. The molecule has 2 fully saturated rings. The predicted octanol–water partition coefficient (Wildman–Crippen LogP) is 4.28. The van der Waals surface area contributed by atoms with Crippen LogP contribution in [0.3, 0.4) is 0 Å². The van der Waals surface area contributed by atoms with Gasteiger partial charge in [-0.05, 0) is 50.5 Å². The molecule has 0 radical (unpaired) electrons. The molecule has 0 aliphatic carbocycles. The normalized spacial score (nSPS) is 30.0. The molecule has 4 atom stereocenters. The minimum Gasteiger partial charge on any atom is -0.487 e. The number of hydrogen-bond acceptors (Lipinski definition) is 4. The van der Waals surface area contributed by atoms with Crippen molar-refractivity contribution in [3.05, 3.63) is 65.2 Å². The summed E-state index contributed by atoms with van der Waals surface area (Å²) >= 11 is 0. The van der Waals surface area contributed by atoms with Crippen LogP contribution in [-0.2, 0) is 11.3 Å². The Balaban J connectivity index is 1.36. The zero-order chi connectivity index (χ0) is 20.2. The molecule has 3 aliphatic heterocycles. The van der Waals surface area contributed by atoms with Gasteiger partial charge in [-0.3, -0.25) is 4.90 Å². The summed E-state index contributed by atoms with van der Waals surface area (Å²) in [5.41, 5.74) is 2.37. The van der Waals surface area contributed by atoms with E-state index in [0.29, 0.717) is 17.5 Å². The lowest BCUT2D eigenvalue weighted by Gasteiger charge is -2.50. The second-order valence-electron chi connectivity index (χ2n) is 9.01. The van der Waals surface area contributed by atoms with Crippen molar-refractivity contribution < 1.29 is 19.4 Å². The van der Waals surface area contributed by atoms with Crippen molar-refractivity contribution >= 4 is 5.97 Å². The monoisotopic (exact) mass is 393 g/mol. The van der Waals surface area contributed by atoms with E-state index in [1.807, 2.05) is 24.3 Å². The minimum absolute atomic E-state index is 0.0889. The highest BCUT2D eigenvalue weighted by molar-refractivity contribution is 5.87. The highest BCUT2D eigenvalue weighted by Gasteiger charge is 2.52. The second kappa shape index (κ2) is 6.85. The van der Waals surface area contributed by atoms with E-state index in [-0.39, 0.29) is 17.8 Å². The van der Waals surface area contributed by atoms with Crippen LogP contribution in [0.15, 0.2) is 48.5 Å². The predicted molar refractivity (Wildman–Crippen MR) is 109 cm³/mol. The van der Waals surface area contributed by atoms with Gasteiger partial charge < -0.3 is 14.6 Å². The lowest BCUT2D eigenvalue weighted by Crippen LogP contribution is -2.53. The van der Waals surface area contributed by atoms with E-state index in [1.54, 1.807) is 12.1 Å². The molecule has 0 bridgehead atoms. The number of fused-ring (bicyclic) bond motifs is 4. The summed E-state index contributed by atoms with van der Waals surface area (Å²) < 4.78 is 13.1. The van der Waals surface area contributed by atoms with Crippen LogP contribution in [0.1, 0.15) is 54.3 Å². The van der Waals surface area contributed by atoms with Crippen LogP contribution >= 0.6 is 0 Å². The Morgan fingerprint density at radius 3 is 2.69 bits per heavy atom. The van der Waals surface area contributed by atoms with Crippen LogP contribution in [0.5, 0.6) is 5.75 Å². The number of benzene rings is 2. The summed E-state index contributed by atoms with van der Waals surface area (Å²) in [7, 11) is 0. The van der Waals surface area contributed by atoms with Crippen LogP contribution in [0.2, 0.25) is 0 Å². The van der Waals surface area contributed by atoms with Crippen molar-refractivity contribution in [3.8, 4) is 5.75 Å². The molecule has 2 saturated heterocycles. The van der Waals surface area contributed by atoms with Gasteiger partial charge in [0, 0.05) is 30.6 Å². The molecule has 0 spiro atoms. The fraction of sp³-hybridized carbons (Fsp3) is 0.458. The maximum absolute atomic E-state index is 11.1. The van der Waals surface area contributed by atoms with Crippen molar-refractivity contribution in [2.45, 2.75) is 57.1 Å². The quantitative estimate of drug-likeness (QED) is 0.844. The van der Waals surface area contributed by atoms with Gasteiger partial charge in [0.1, 0.15) is 11.4 Å². The molecule has 0 amide bonds. The molecule has 5 nitrogen and oxygen atoms in total. The third kappa shape index (κ3) is 3.22. The largest absolute Gasteiger partial charge is 0.487 e. The average molecular weight is 393 g/mol. The number of carboxylic acids is 1. The summed E-state index contributed by atoms with van der Waals surface area (Å²) in [6, 6.07) is 15.9. The lowest BCUT2D eigenvalue weighted by molar-refractivity contribution is -0.162. The Labute approximate surface area is 171 Å². The summed E-state index contributed by atoms with van der Waals surface area (Å²) in [5, 5.41) is 9.10. The maximum Gasteiger partial charge on any atom is 0.335 e. The van der Waals surface area contributed by atoms with Crippen molar-refractivity contribution in [2.24, 2.45) is 5.92 Å². The summed E-state index contributed by atoms with van der Waals surface area (Å²) in [6.45, 7) is 6.17. The third-order valence-electron chi connectivity index (χ3n) is 6.86. The maximum atomic E-state index is 11.1. The Bertz CT molecular complexity index is 923.